The van der Waals surface area contributed by atoms with Crippen LogP contribution in [-0.4, -0.2) is 32.7 Å². The van der Waals surface area contributed by atoms with E-state index in [-0.39, 0.29) is 23.8 Å². The second-order valence-electron chi connectivity index (χ2n) is 5.52. The molecule has 3 rings (SSSR count). The van der Waals surface area contributed by atoms with Crippen LogP contribution in [0.5, 0.6) is 0 Å². The summed E-state index contributed by atoms with van der Waals surface area (Å²) < 4.78 is 1.43. The zero-order valence-electron chi connectivity index (χ0n) is 14.1. The van der Waals surface area contributed by atoms with Crippen LogP contribution in [-0.2, 0) is 4.79 Å². The molecular weight excluding hydrogens is 348 g/mol. The van der Waals surface area contributed by atoms with Gasteiger partial charge in [0, 0.05) is 6.20 Å². The Kier molecular flexibility index (Phi) is 5.34. The van der Waals surface area contributed by atoms with Crippen LogP contribution in [0.2, 0.25) is 0 Å². The molecule has 1 amide bonds. The number of carbonyl (C=O) groups excluding carboxylic acids is 1. The number of carbonyl (C=O) groups is 1. The molecule has 6 nitrogen and oxygen atoms in total. The molecule has 7 heteroatoms. The van der Waals surface area contributed by atoms with Gasteiger partial charge in [0.1, 0.15) is 5.82 Å². The molecule has 0 saturated heterocycles. The monoisotopic (exact) mass is 364 g/mol. The van der Waals surface area contributed by atoms with E-state index >= 15 is 0 Å². The van der Waals surface area contributed by atoms with Gasteiger partial charge in [-0.25, -0.2) is 14.5 Å². The number of para-hydroxylation sites is 1. The van der Waals surface area contributed by atoms with Crippen LogP contribution in [0, 0.1) is 19.3 Å². The molecular formula is C19H16N4O2S. The summed E-state index contributed by atoms with van der Waals surface area (Å²) in [6.45, 7) is 2.08. The number of nitrogens with zero attached hydrogens (tertiary/aromatic N) is 3. The van der Waals surface area contributed by atoms with Gasteiger partial charge in [-0.1, -0.05) is 35.9 Å². The summed E-state index contributed by atoms with van der Waals surface area (Å²) in [6, 6.07) is 10.7. The van der Waals surface area contributed by atoms with Gasteiger partial charge in [-0.15, -0.1) is 6.42 Å². The molecule has 2 aromatic heterocycles. The smallest absolute Gasteiger partial charge is 0.267 e. The number of nitrogens with one attached hydrogen (secondary N) is 1. The lowest BCUT2D eigenvalue weighted by Gasteiger charge is -2.12. The number of amides is 1. The number of hydrogen-bond acceptors (Lipinski definition) is 5. The second kappa shape index (κ2) is 7.85. The molecule has 0 bridgehead atoms. The van der Waals surface area contributed by atoms with Gasteiger partial charge in [0.2, 0.25) is 5.91 Å². The van der Waals surface area contributed by atoms with Crippen molar-refractivity contribution in [3.63, 3.8) is 0 Å². The Bertz CT molecular complexity index is 1050. The zero-order valence-corrected chi connectivity index (χ0v) is 14.9. The number of benzene rings is 1. The fraction of sp³-hybridized carbons (Fsp3) is 0.158. The number of rotatable bonds is 5. The molecule has 0 aliphatic rings. The minimum absolute atomic E-state index is 0.0956. The number of hydrogen-bond donors (Lipinski definition) is 1. The number of terminal acetylenes is 1. The van der Waals surface area contributed by atoms with Crippen LogP contribution >= 0.6 is 11.8 Å². The van der Waals surface area contributed by atoms with E-state index in [1.807, 2.05) is 19.1 Å². The Morgan fingerprint density at radius 1 is 1.31 bits per heavy atom. The maximum atomic E-state index is 13.0. The first kappa shape index (κ1) is 17.7. The van der Waals surface area contributed by atoms with Crippen molar-refractivity contribution >= 4 is 28.6 Å². The summed E-state index contributed by atoms with van der Waals surface area (Å²) in [5.74, 6) is 2.69. The summed E-state index contributed by atoms with van der Waals surface area (Å²) in [4.78, 5) is 33.7. The van der Waals surface area contributed by atoms with Gasteiger partial charge < -0.3 is 5.32 Å². The van der Waals surface area contributed by atoms with Crippen molar-refractivity contribution in [1.82, 2.24) is 19.9 Å². The Morgan fingerprint density at radius 3 is 2.85 bits per heavy atom. The lowest BCUT2D eigenvalue weighted by molar-refractivity contribution is -0.118. The van der Waals surface area contributed by atoms with E-state index in [1.165, 1.54) is 4.57 Å². The SMILES string of the molecule is C#CCNC(=O)CSc1nc2ccccc2c(=O)n1-c1ccc(C)cn1. The molecule has 0 fully saturated rings. The predicted octanol–water partition coefficient (Wildman–Crippen LogP) is 1.93. The molecule has 2 heterocycles. The molecule has 0 aliphatic heterocycles. The summed E-state index contributed by atoms with van der Waals surface area (Å²) in [5, 5.41) is 3.49. The topological polar surface area (TPSA) is 76.9 Å². The molecule has 0 atom stereocenters. The van der Waals surface area contributed by atoms with Crippen molar-refractivity contribution in [2.24, 2.45) is 0 Å². The third-order valence-electron chi connectivity index (χ3n) is 3.59. The van der Waals surface area contributed by atoms with Crippen LogP contribution in [0.4, 0.5) is 0 Å². The van der Waals surface area contributed by atoms with Crippen molar-refractivity contribution in [3.05, 3.63) is 58.5 Å². The molecule has 0 saturated carbocycles. The highest BCUT2D eigenvalue weighted by atomic mass is 32.2. The minimum atomic E-state index is -0.224. The number of pyridine rings is 1. The lowest BCUT2D eigenvalue weighted by Crippen LogP contribution is -2.27. The molecule has 1 aromatic carbocycles. The summed E-state index contributed by atoms with van der Waals surface area (Å²) in [5.41, 5.74) is 1.34. The van der Waals surface area contributed by atoms with Crippen molar-refractivity contribution in [2.75, 3.05) is 12.3 Å². The fourth-order valence-electron chi connectivity index (χ4n) is 2.33. The third kappa shape index (κ3) is 3.76. The Hall–Kier alpha value is -3.11. The third-order valence-corrected chi connectivity index (χ3v) is 4.53. The van der Waals surface area contributed by atoms with Gasteiger partial charge >= 0.3 is 0 Å². The van der Waals surface area contributed by atoms with Gasteiger partial charge in [0.15, 0.2) is 5.16 Å². The van der Waals surface area contributed by atoms with E-state index in [9.17, 15) is 9.59 Å². The van der Waals surface area contributed by atoms with E-state index in [1.54, 1.807) is 30.5 Å². The first-order valence-corrected chi connectivity index (χ1v) is 8.86. The van der Waals surface area contributed by atoms with Gasteiger partial charge in [-0.3, -0.25) is 9.59 Å². The van der Waals surface area contributed by atoms with Crippen LogP contribution in [0.15, 0.2) is 52.5 Å². The van der Waals surface area contributed by atoms with E-state index in [0.717, 1.165) is 17.3 Å². The molecule has 0 spiro atoms. The molecule has 26 heavy (non-hydrogen) atoms. The molecule has 0 aliphatic carbocycles. The highest BCUT2D eigenvalue weighted by Crippen LogP contribution is 2.20. The first-order valence-electron chi connectivity index (χ1n) is 7.88. The largest absolute Gasteiger partial charge is 0.344 e. The van der Waals surface area contributed by atoms with Gasteiger partial charge in [0.05, 0.1) is 23.2 Å². The molecule has 1 N–H and O–H groups in total. The van der Waals surface area contributed by atoms with Crippen LogP contribution in [0.25, 0.3) is 16.7 Å². The first-order chi connectivity index (χ1) is 12.6. The summed E-state index contributed by atoms with van der Waals surface area (Å²) in [6.07, 6.45) is 6.83. The van der Waals surface area contributed by atoms with E-state index in [4.69, 9.17) is 6.42 Å². The number of aryl methyl sites for hydroxylation is 1. The predicted molar refractivity (Wildman–Crippen MR) is 102 cm³/mol. The Morgan fingerprint density at radius 2 is 2.12 bits per heavy atom. The highest BCUT2D eigenvalue weighted by molar-refractivity contribution is 7.99. The summed E-state index contributed by atoms with van der Waals surface area (Å²) in [7, 11) is 0. The number of thioether (sulfide) groups is 1. The van der Waals surface area contributed by atoms with Gasteiger partial charge in [-0.05, 0) is 30.7 Å². The van der Waals surface area contributed by atoms with Crippen LogP contribution < -0.4 is 10.9 Å². The van der Waals surface area contributed by atoms with Crippen molar-refractivity contribution < 1.29 is 4.79 Å². The van der Waals surface area contributed by atoms with Gasteiger partial charge in [0.25, 0.3) is 5.56 Å². The second-order valence-corrected chi connectivity index (χ2v) is 6.46. The molecule has 130 valence electrons. The average molecular weight is 364 g/mol. The van der Waals surface area contributed by atoms with E-state index in [2.05, 4.69) is 21.2 Å². The molecule has 0 unspecified atom stereocenters. The quantitative estimate of drug-likeness (QED) is 0.425. The molecule has 0 radical (unpaired) electrons. The molecule has 3 aromatic rings. The zero-order chi connectivity index (χ0) is 18.5. The highest BCUT2D eigenvalue weighted by Gasteiger charge is 2.15. The fourth-order valence-corrected chi connectivity index (χ4v) is 3.16. The van der Waals surface area contributed by atoms with Crippen molar-refractivity contribution in [3.8, 4) is 18.2 Å². The van der Waals surface area contributed by atoms with Gasteiger partial charge in [-0.2, -0.15) is 0 Å². The standard InChI is InChI=1S/C19H16N4O2S/c1-3-10-20-17(24)12-26-19-22-15-7-5-4-6-14(15)18(25)23(19)16-9-8-13(2)11-21-16/h1,4-9,11H,10,12H2,2H3,(H,20,24). The van der Waals surface area contributed by atoms with E-state index in [0.29, 0.717) is 21.9 Å². The maximum absolute atomic E-state index is 13.0. The number of aromatic nitrogens is 3. The average Bonchev–Trinajstić information content (AvgIpc) is 2.66. The normalized spacial score (nSPS) is 10.5. The van der Waals surface area contributed by atoms with Crippen LogP contribution in [0.1, 0.15) is 5.56 Å². The van der Waals surface area contributed by atoms with Crippen molar-refractivity contribution in [2.45, 2.75) is 12.1 Å². The van der Waals surface area contributed by atoms with Crippen LogP contribution in [0.3, 0.4) is 0 Å². The lowest BCUT2D eigenvalue weighted by atomic mass is 10.2. The van der Waals surface area contributed by atoms with E-state index < -0.39 is 0 Å². The maximum Gasteiger partial charge on any atom is 0.267 e. The summed E-state index contributed by atoms with van der Waals surface area (Å²) >= 11 is 1.16. The Balaban J connectivity index is 2.06. The number of fused-ring (bicyclic) bond motifs is 1. The van der Waals surface area contributed by atoms with Crippen molar-refractivity contribution in [1.29, 1.82) is 0 Å². The minimum Gasteiger partial charge on any atom is -0.344 e. The Labute approximate surface area is 154 Å².